The zero-order chi connectivity index (χ0) is 14.0. The zero-order valence-corrected chi connectivity index (χ0v) is 13.2. The van der Waals surface area contributed by atoms with E-state index in [4.69, 9.17) is 23.2 Å². The van der Waals surface area contributed by atoms with Crippen LogP contribution in [0.15, 0.2) is 28.7 Å². The van der Waals surface area contributed by atoms with Gasteiger partial charge in [0.25, 0.3) is 0 Å². The lowest BCUT2D eigenvalue weighted by Crippen LogP contribution is -1.98. The number of nitrogens with zero attached hydrogens (tertiary/aromatic N) is 1. The molecule has 1 heterocycles. The number of rotatable bonds is 4. The number of hydrogen-bond donors (Lipinski definition) is 1. The summed E-state index contributed by atoms with van der Waals surface area (Å²) in [5.74, 6) is 0. The average molecular weight is 382 g/mol. The number of thiophene rings is 1. The Hall–Kier alpha value is -0.820. The van der Waals surface area contributed by atoms with Crippen LogP contribution in [0.4, 0.5) is 10.7 Å². The maximum absolute atomic E-state index is 10.6. The van der Waals surface area contributed by atoms with Crippen LogP contribution in [0.1, 0.15) is 4.88 Å². The second kappa shape index (κ2) is 6.09. The van der Waals surface area contributed by atoms with E-state index in [-0.39, 0.29) is 5.00 Å². The average Bonchev–Trinajstić information content (AvgIpc) is 2.76. The second-order valence-corrected chi connectivity index (χ2v) is 6.47. The van der Waals surface area contributed by atoms with Crippen molar-refractivity contribution in [3.05, 3.63) is 53.8 Å². The molecule has 2 aromatic rings. The predicted octanol–water partition coefficient (Wildman–Crippen LogP) is 5.34. The van der Waals surface area contributed by atoms with Crippen LogP contribution in [0.25, 0.3) is 0 Å². The van der Waals surface area contributed by atoms with Gasteiger partial charge < -0.3 is 5.32 Å². The van der Waals surface area contributed by atoms with E-state index in [9.17, 15) is 10.1 Å². The highest BCUT2D eigenvalue weighted by Gasteiger charge is 2.11. The van der Waals surface area contributed by atoms with Crippen LogP contribution in [0.2, 0.25) is 10.0 Å². The molecule has 1 aromatic heterocycles. The van der Waals surface area contributed by atoms with Crippen molar-refractivity contribution in [3.8, 4) is 0 Å². The molecule has 1 N–H and O–H groups in total. The molecule has 0 unspecified atom stereocenters. The van der Waals surface area contributed by atoms with Crippen molar-refractivity contribution >= 4 is 61.2 Å². The van der Waals surface area contributed by atoms with Gasteiger partial charge in [-0.2, -0.15) is 0 Å². The molecule has 0 atom stereocenters. The number of nitrogens with one attached hydrogen (secondary N) is 1. The molecule has 100 valence electrons. The Morgan fingerprint density at radius 3 is 2.47 bits per heavy atom. The van der Waals surface area contributed by atoms with Gasteiger partial charge in [-0.05, 0) is 18.2 Å². The van der Waals surface area contributed by atoms with E-state index in [0.29, 0.717) is 22.3 Å². The smallest absolute Gasteiger partial charge is 0.324 e. The molecule has 0 saturated heterocycles. The van der Waals surface area contributed by atoms with Gasteiger partial charge in [-0.3, -0.25) is 10.1 Å². The Balaban J connectivity index is 2.12. The fourth-order valence-electron chi connectivity index (χ4n) is 1.45. The van der Waals surface area contributed by atoms with Crippen LogP contribution < -0.4 is 5.32 Å². The van der Waals surface area contributed by atoms with Crippen molar-refractivity contribution in [1.29, 1.82) is 0 Å². The molecule has 0 saturated carbocycles. The monoisotopic (exact) mass is 380 g/mol. The first kappa shape index (κ1) is 14.6. The predicted molar refractivity (Wildman–Crippen MR) is 82.5 cm³/mol. The molecule has 2 rings (SSSR count). The molecule has 0 radical (unpaired) electrons. The van der Waals surface area contributed by atoms with Gasteiger partial charge >= 0.3 is 5.00 Å². The van der Waals surface area contributed by atoms with Gasteiger partial charge in [0.15, 0.2) is 0 Å². The number of anilines is 1. The fraction of sp³-hybridized carbons (Fsp3) is 0.0909. The summed E-state index contributed by atoms with van der Waals surface area (Å²) in [6.07, 6.45) is 0. The van der Waals surface area contributed by atoms with Gasteiger partial charge in [-0.1, -0.05) is 50.5 Å². The van der Waals surface area contributed by atoms with E-state index in [1.54, 1.807) is 18.2 Å². The van der Waals surface area contributed by atoms with Gasteiger partial charge in [0.2, 0.25) is 0 Å². The first-order chi connectivity index (χ1) is 8.97. The van der Waals surface area contributed by atoms with Gasteiger partial charge in [0, 0.05) is 22.0 Å². The van der Waals surface area contributed by atoms with E-state index >= 15 is 0 Å². The van der Waals surface area contributed by atoms with Crippen LogP contribution in [-0.2, 0) is 6.54 Å². The van der Waals surface area contributed by atoms with Crippen LogP contribution in [-0.4, -0.2) is 4.92 Å². The Labute approximate surface area is 131 Å². The van der Waals surface area contributed by atoms with Crippen molar-refractivity contribution in [2.24, 2.45) is 0 Å². The van der Waals surface area contributed by atoms with E-state index in [2.05, 4.69) is 21.2 Å². The van der Waals surface area contributed by atoms with Crippen molar-refractivity contribution < 1.29 is 4.92 Å². The maximum Gasteiger partial charge on any atom is 0.324 e. The van der Waals surface area contributed by atoms with E-state index in [1.165, 1.54) is 6.07 Å². The van der Waals surface area contributed by atoms with Gasteiger partial charge in [-0.15, -0.1) is 0 Å². The molecule has 1 aromatic carbocycles. The highest BCUT2D eigenvalue weighted by atomic mass is 79.9. The molecule has 8 heteroatoms. The molecule has 0 fully saturated rings. The zero-order valence-electron chi connectivity index (χ0n) is 9.32. The molecule has 0 aliphatic rings. The molecule has 0 aliphatic heterocycles. The molecular weight excluding hydrogens is 375 g/mol. The van der Waals surface area contributed by atoms with Crippen LogP contribution in [0.3, 0.4) is 0 Å². The van der Waals surface area contributed by atoms with Crippen LogP contribution in [0, 0.1) is 10.1 Å². The van der Waals surface area contributed by atoms with E-state index in [1.807, 2.05) is 0 Å². The summed E-state index contributed by atoms with van der Waals surface area (Å²) in [6, 6.07) is 6.64. The normalized spacial score (nSPS) is 10.5. The van der Waals surface area contributed by atoms with Gasteiger partial charge in [0.1, 0.15) is 0 Å². The third-order valence-electron chi connectivity index (χ3n) is 2.27. The highest BCUT2D eigenvalue weighted by Crippen LogP contribution is 2.34. The lowest BCUT2D eigenvalue weighted by Gasteiger charge is -2.09. The first-order valence-corrected chi connectivity index (χ1v) is 7.45. The molecule has 0 spiro atoms. The standard InChI is InChI=1S/C11H7BrCl2N2O2S/c12-6-3-8(13)11(9(14)4-6)15-5-7-1-2-10(19-7)16(17)18/h1-4,15H,5H2. The van der Waals surface area contributed by atoms with Gasteiger partial charge in [-0.25, -0.2) is 0 Å². The van der Waals surface area contributed by atoms with Crippen molar-refractivity contribution in [1.82, 2.24) is 0 Å². The molecule has 0 aliphatic carbocycles. The Bertz CT molecular complexity index is 610. The summed E-state index contributed by atoms with van der Waals surface area (Å²) < 4.78 is 0.791. The van der Waals surface area contributed by atoms with Crippen molar-refractivity contribution in [2.45, 2.75) is 6.54 Å². The Morgan fingerprint density at radius 2 is 1.95 bits per heavy atom. The van der Waals surface area contributed by atoms with E-state index in [0.717, 1.165) is 20.7 Å². The molecule has 4 nitrogen and oxygen atoms in total. The molecule has 0 amide bonds. The Morgan fingerprint density at radius 1 is 1.32 bits per heavy atom. The lowest BCUT2D eigenvalue weighted by atomic mass is 10.3. The largest absolute Gasteiger partial charge is 0.378 e. The SMILES string of the molecule is O=[N+]([O-])c1ccc(CNc2c(Cl)cc(Br)cc2Cl)s1. The highest BCUT2D eigenvalue weighted by molar-refractivity contribution is 9.10. The minimum absolute atomic E-state index is 0.116. The van der Waals surface area contributed by atoms with Crippen molar-refractivity contribution in [2.75, 3.05) is 5.32 Å². The lowest BCUT2D eigenvalue weighted by molar-refractivity contribution is -0.380. The van der Waals surface area contributed by atoms with Gasteiger partial charge in [0.05, 0.1) is 20.7 Å². The quantitative estimate of drug-likeness (QED) is 0.574. The summed E-state index contributed by atoms with van der Waals surface area (Å²) in [6.45, 7) is 0.430. The molecule has 19 heavy (non-hydrogen) atoms. The third kappa shape index (κ3) is 3.60. The minimum Gasteiger partial charge on any atom is -0.378 e. The second-order valence-electron chi connectivity index (χ2n) is 3.60. The summed E-state index contributed by atoms with van der Waals surface area (Å²) in [5, 5.41) is 14.8. The minimum atomic E-state index is -0.409. The Kier molecular flexibility index (Phi) is 4.67. The van der Waals surface area contributed by atoms with Crippen LogP contribution in [0.5, 0.6) is 0 Å². The summed E-state index contributed by atoms with van der Waals surface area (Å²) in [4.78, 5) is 11.0. The molecular formula is C11H7BrCl2N2O2S. The maximum atomic E-state index is 10.6. The number of hydrogen-bond acceptors (Lipinski definition) is 4. The molecule has 0 bridgehead atoms. The first-order valence-electron chi connectivity index (χ1n) is 5.09. The van der Waals surface area contributed by atoms with Crippen molar-refractivity contribution in [3.63, 3.8) is 0 Å². The summed E-state index contributed by atoms with van der Waals surface area (Å²) >= 11 is 16.6. The third-order valence-corrected chi connectivity index (χ3v) is 4.36. The van der Waals surface area contributed by atoms with E-state index < -0.39 is 4.92 Å². The topological polar surface area (TPSA) is 55.2 Å². The number of nitro groups is 1. The summed E-state index contributed by atoms with van der Waals surface area (Å²) in [5.41, 5.74) is 0.614. The fourth-order valence-corrected chi connectivity index (χ4v) is 3.55. The number of benzene rings is 1. The summed E-state index contributed by atoms with van der Waals surface area (Å²) in [7, 11) is 0. The number of halogens is 3. The van der Waals surface area contributed by atoms with Crippen LogP contribution >= 0.6 is 50.5 Å².